The molecule has 98 valence electrons. The van der Waals surface area contributed by atoms with Gasteiger partial charge in [0.25, 0.3) is 0 Å². The van der Waals surface area contributed by atoms with Gasteiger partial charge in [-0.25, -0.2) is 4.79 Å². The second kappa shape index (κ2) is 7.32. The molecule has 0 bridgehead atoms. The summed E-state index contributed by atoms with van der Waals surface area (Å²) in [6, 6.07) is 8.72. The molecule has 0 aliphatic rings. The summed E-state index contributed by atoms with van der Waals surface area (Å²) in [5, 5.41) is 0. The van der Waals surface area contributed by atoms with E-state index in [0.717, 1.165) is 0 Å². The first kappa shape index (κ1) is 14.0. The van der Waals surface area contributed by atoms with E-state index in [9.17, 15) is 9.59 Å². The lowest BCUT2D eigenvalue weighted by Gasteiger charge is -2.18. The molecule has 0 unspecified atom stereocenters. The van der Waals surface area contributed by atoms with Crippen molar-refractivity contribution in [2.24, 2.45) is 0 Å². The summed E-state index contributed by atoms with van der Waals surface area (Å²) in [7, 11) is 0. The van der Waals surface area contributed by atoms with E-state index < -0.39 is 12.1 Å². The highest BCUT2D eigenvalue weighted by molar-refractivity contribution is 5.79. The van der Waals surface area contributed by atoms with Crippen LogP contribution in [-0.2, 0) is 9.53 Å². The standard InChI is InChI=1S/C13H17NO4/c1-3-14(10-12(15)17-4-2)13(16)18-11-8-6-5-7-9-11/h5-9H,3-4,10H2,1-2H3. The Morgan fingerprint density at radius 2 is 1.83 bits per heavy atom. The molecule has 0 saturated carbocycles. The summed E-state index contributed by atoms with van der Waals surface area (Å²) in [4.78, 5) is 24.4. The highest BCUT2D eigenvalue weighted by atomic mass is 16.6. The number of amides is 1. The Morgan fingerprint density at radius 3 is 2.39 bits per heavy atom. The molecule has 0 aliphatic carbocycles. The van der Waals surface area contributed by atoms with Gasteiger partial charge in [-0.3, -0.25) is 9.69 Å². The van der Waals surface area contributed by atoms with Gasteiger partial charge < -0.3 is 9.47 Å². The number of hydrogen-bond donors (Lipinski definition) is 0. The number of ether oxygens (including phenoxy) is 2. The van der Waals surface area contributed by atoms with Gasteiger partial charge in [0.1, 0.15) is 12.3 Å². The summed E-state index contributed by atoms with van der Waals surface area (Å²) < 4.78 is 9.91. The minimum Gasteiger partial charge on any atom is -0.465 e. The average Bonchev–Trinajstić information content (AvgIpc) is 2.37. The van der Waals surface area contributed by atoms with E-state index >= 15 is 0 Å². The molecule has 0 aromatic heterocycles. The van der Waals surface area contributed by atoms with Crippen LogP contribution in [0.1, 0.15) is 13.8 Å². The van der Waals surface area contributed by atoms with Gasteiger partial charge in [0.15, 0.2) is 0 Å². The Balaban J connectivity index is 2.54. The Bertz CT molecular complexity index is 391. The van der Waals surface area contributed by atoms with Crippen molar-refractivity contribution in [2.75, 3.05) is 19.7 Å². The van der Waals surface area contributed by atoms with Crippen molar-refractivity contribution >= 4 is 12.1 Å². The smallest absolute Gasteiger partial charge is 0.415 e. The van der Waals surface area contributed by atoms with Gasteiger partial charge in [0.2, 0.25) is 0 Å². The Hall–Kier alpha value is -2.04. The highest BCUT2D eigenvalue weighted by Gasteiger charge is 2.17. The summed E-state index contributed by atoms with van der Waals surface area (Å²) in [6.07, 6.45) is -0.559. The summed E-state index contributed by atoms with van der Waals surface area (Å²) in [5.74, 6) is 0.00849. The van der Waals surface area contributed by atoms with Gasteiger partial charge in [-0.1, -0.05) is 18.2 Å². The molecule has 18 heavy (non-hydrogen) atoms. The molecule has 0 N–H and O–H groups in total. The fourth-order valence-electron chi connectivity index (χ4n) is 1.32. The van der Waals surface area contributed by atoms with E-state index in [-0.39, 0.29) is 6.54 Å². The normalized spacial score (nSPS) is 9.67. The second-order valence-electron chi connectivity index (χ2n) is 3.50. The van der Waals surface area contributed by atoms with E-state index in [4.69, 9.17) is 9.47 Å². The molecule has 0 aliphatic heterocycles. The molecule has 0 heterocycles. The zero-order chi connectivity index (χ0) is 13.4. The number of nitrogens with zero attached hydrogens (tertiary/aromatic N) is 1. The van der Waals surface area contributed by atoms with Crippen LogP contribution in [0.2, 0.25) is 0 Å². The molecule has 5 heteroatoms. The number of benzene rings is 1. The van der Waals surface area contributed by atoms with Crippen LogP contribution >= 0.6 is 0 Å². The van der Waals surface area contributed by atoms with Gasteiger partial charge in [-0.2, -0.15) is 0 Å². The lowest BCUT2D eigenvalue weighted by Crippen LogP contribution is -2.38. The highest BCUT2D eigenvalue weighted by Crippen LogP contribution is 2.10. The van der Waals surface area contributed by atoms with Crippen LogP contribution in [0.15, 0.2) is 30.3 Å². The van der Waals surface area contributed by atoms with Crippen molar-refractivity contribution in [1.29, 1.82) is 0 Å². The van der Waals surface area contributed by atoms with Crippen molar-refractivity contribution < 1.29 is 19.1 Å². The molecule has 0 atom stereocenters. The quantitative estimate of drug-likeness (QED) is 0.752. The van der Waals surface area contributed by atoms with Gasteiger partial charge >= 0.3 is 12.1 Å². The third-order valence-corrected chi connectivity index (χ3v) is 2.21. The summed E-state index contributed by atoms with van der Waals surface area (Å²) >= 11 is 0. The fourth-order valence-corrected chi connectivity index (χ4v) is 1.32. The minimum atomic E-state index is -0.559. The zero-order valence-corrected chi connectivity index (χ0v) is 10.6. The first-order valence-corrected chi connectivity index (χ1v) is 5.84. The SMILES string of the molecule is CCOC(=O)CN(CC)C(=O)Oc1ccccc1. The van der Waals surface area contributed by atoms with Gasteiger partial charge in [0, 0.05) is 6.54 Å². The molecule has 0 spiro atoms. The molecular formula is C13H17NO4. The third-order valence-electron chi connectivity index (χ3n) is 2.21. The van der Waals surface area contributed by atoms with E-state index in [0.29, 0.717) is 18.9 Å². The predicted octanol–water partition coefficient (Wildman–Crippen LogP) is 2.07. The van der Waals surface area contributed by atoms with Crippen molar-refractivity contribution in [3.63, 3.8) is 0 Å². The van der Waals surface area contributed by atoms with Crippen molar-refractivity contribution in [2.45, 2.75) is 13.8 Å². The number of carbonyl (C=O) groups is 2. The lowest BCUT2D eigenvalue weighted by atomic mass is 10.3. The number of esters is 1. The average molecular weight is 251 g/mol. The van der Waals surface area contributed by atoms with Crippen LogP contribution in [-0.4, -0.2) is 36.7 Å². The Kier molecular flexibility index (Phi) is 5.70. The van der Waals surface area contributed by atoms with Gasteiger partial charge in [-0.05, 0) is 26.0 Å². The van der Waals surface area contributed by atoms with E-state index in [2.05, 4.69) is 0 Å². The van der Waals surface area contributed by atoms with Crippen LogP contribution in [0, 0.1) is 0 Å². The minimum absolute atomic E-state index is 0.101. The van der Waals surface area contributed by atoms with Gasteiger partial charge in [0.05, 0.1) is 6.61 Å². The number of hydrogen-bond acceptors (Lipinski definition) is 4. The molecule has 0 radical (unpaired) electrons. The number of carbonyl (C=O) groups excluding carboxylic acids is 2. The summed E-state index contributed by atoms with van der Waals surface area (Å²) in [5.41, 5.74) is 0. The number of likely N-dealkylation sites (N-methyl/N-ethyl adjacent to an activating group) is 1. The van der Waals surface area contributed by atoms with E-state index in [1.165, 1.54) is 4.90 Å². The first-order valence-electron chi connectivity index (χ1n) is 5.84. The van der Waals surface area contributed by atoms with Gasteiger partial charge in [-0.15, -0.1) is 0 Å². The maximum Gasteiger partial charge on any atom is 0.415 e. The molecule has 0 saturated heterocycles. The number of rotatable bonds is 5. The first-order chi connectivity index (χ1) is 8.67. The van der Waals surface area contributed by atoms with Crippen LogP contribution in [0.25, 0.3) is 0 Å². The van der Waals surface area contributed by atoms with E-state index in [1.54, 1.807) is 38.1 Å². The van der Waals surface area contributed by atoms with Crippen LogP contribution < -0.4 is 4.74 Å². The topological polar surface area (TPSA) is 55.8 Å². The molecule has 5 nitrogen and oxygen atoms in total. The van der Waals surface area contributed by atoms with Crippen LogP contribution in [0.4, 0.5) is 4.79 Å². The molecule has 0 fully saturated rings. The van der Waals surface area contributed by atoms with Crippen LogP contribution in [0.3, 0.4) is 0 Å². The summed E-state index contributed by atoms with van der Waals surface area (Å²) in [6.45, 7) is 4.06. The van der Waals surface area contributed by atoms with Crippen LogP contribution in [0.5, 0.6) is 5.75 Å². The maximum atomic E-state index is 11.8. The van der Waals surface area contributed by atoms with Crippen molar-refractivity contribution in [1.82, 2.24) is 4.90 Å². The molecule has 1 rings (SSSR count). The number of para-hydroxylation sites is 1. The molecule has 1 aromatic rings. The monoisotopic (exact) mass is 251 g/mol. The predicted molar refractivity (Wildman–Crippen MR) is 66.3 cm³/mol. The molecular weight excluding hydrogens is 234 g/mol. The molecule has 1 amide bonds. The largest absolute Gasteiger partial charge is 0.465 e. The molecule has 1 aromatic carbocycles. The zero-order valence-electron chi connectivity index (χ0n) is 10.6. The Morgan fingerprint density at radius 1 is 1.17 bits per heavy atom. The third kappa shape index (κ3) is 4.45. The fraction of sp³-hybridized carbons (Fsp3) is 0.385. The van der Waals surface area contributed by atoms with Crippen molar-refractivity contribution in [3.8, 4) is 5.75 Å². The Labute approximate surface area is 106 Å². The van der Waals surface area contributed by atoms with Crippen molar-refractivity contribution in [3.05, 3.63) is 30.3 Å². The lowest BCUT2D eigenvalue weighted by molar-refractivity contribution is -0.143. The maximum absolute atomic E-state index is 11.8. The second-order valence-corrected chi connectivity index (χ2v) is 3.50. The van der Waals surface area contributed by atoms with E-state index in [1.807, 2.05) is 6.07 Å².